The van der Waals surface area contributed by atoms with Crippen molar-refractivity contribution in [3.8, 4) is 5.69 Å². The van der Waals surface area contributed by atoms with E-state index in [0.717, 1.165) is 11.3 Å². The fourth-order valence-electron chi connectivity index (χ4n) is 2.47. The van der Waals surface area contributed by atoms with Gasteiger partial charge in [0.05, 0.1) is 22.2 Å². The summed E-state index contributed by atoms with van der Waals surface area (Å²) >= 11 is 7.40. The maximum Gasteiger partial charge on any atom is 0.266 e. The van der Waals surface area contributed by atoms with Crippen LogP contribution in [0.5, 0.6) is 0 Å². The van der Waals surface area contributed by atoms with E-state index in [1.54, 1.807) is 36.6 Å². The van der Waals surface area contributed by atoms with Crippen molar-refractivity contribution in [1.29, 1.82) is 0 Å². The van der Waals surface area contributed by atoms with E-state index in [2.05, 4.69) is 4.98 Å². The molecule has 0 atom stereocenters. The summed E-state index contributed by atoms with van der Waals surface area (Å²) in [5.74, 6) is 0.414. The molecular weight excluding hydrogens is 356 g/mol. The monoisotopic (exact) mass is 374 g/mol. The fraction of sp³-hybridized carbons (Fsp3) is 0.263. The van der Waals surface area contributed by atoms with Gasteiger partial charge < -0.3 is 5.11 Å². The third kappa shape index (κ3) is 4.06. The number of hydrogen-bond donors (Lipinski definition) is 1. The second kappa shape index (κ2) is 6.83. The number of aromatic nitrogens is 2. The predicted octanol–water partition coefficient (Wildman–Crippen LogP) is 4.21. The predicted molar refractivity (Wildman–Crippen MR) is 104 cm³/mol. The molecule has 0 amide bonds. The maximum absolute atomic E-state index is 13.1. The number of fused-ring (bicyclic) bond motifs is 1. The molecule has 0 aliphatic carbocycles. The first kappa shape index (κ1) is 18.0. The molecule has 25 heavy (non-hydrogen) atoms. The Hall–Kier alpha value is -1.82. The van der Waals surface area contributed by atoms with Gasteiger partial charge in [-0.05, 0) is 56.7 Å². The molecule has 3 rings (SSSR count). The molecule has 1 aromatic heterocycles. The first-order valence-electron chi connectivity index (χ1n) is 7.89. The molecule has 6 heteroatoms. The summed E-state index contributed by atoms with van der Waals surface area (Å²) in [5.41, 5.74) is 1.35. The molecule has 0 bridgehead atoms. The number of hydrogen-bond acceptors (Lipinski definition) is 4. The van der Waals surface area contributed by atoms with Crippen molar-refractivity contribution in [3.63, 3.8) is 0 Å². The fourth-order valence-corrected chi connectivity index (χ4v) is 3.60. The number of aryl methyl sites for hydroxylation is 1. The number of aliphatic hydroxyl groups is 1. The van der Waals surface area contributed by atoms with Crippen LogP contribution in [0.4, 0.5) is 0 Å². The molecule has 0 aliphatic rings. The van der Waals surface area contributed by atoms with Crippen LogP contribution in [0.3, 0.4) is 0 Å². The largest absolute Gasteiger partial charge is 0.390 e. The van der Waals surface area contributed by atoms with Gasteiger partial charge in [0.1, 0.15) is 0 Å². The topological polar surface area (TPSA) is 55.1 Å². The van der Waals surface area contributed by atoms with Crippen LogP contribution in [-0.2, 0) is 0 Å². The summed E-state index contributed by atoms with van der Waals surface area (Å²) in [4.78, 5) is 17.7. The zero-order chi connectivity index (χ0) is 18.2. The van der Waals surface area contributed by atoms with Crippen molar-refractivity contribution in [2.45, 2.75) is 31.5 Å². The molecule has 0 radical (unpaired) electrons. The van der Waals surface area contributed by atoms with E-state index in [9.17, 15) is 9.90 Å². The molecule has 1 N–H and O–H groups in total. The smallest absolute Gasteiger partial charge is 0.266 e. The molecule has 130 valence electrons. The molecule has 0 spiro atoms. The molecular formula is C19H19ClN2O2S. The molecule has 2 aromatic carbocycles. The molecule has 0 fully saturated rings. The number of benzene rings is 2. The first-order valence-corrected chi connectivity index (χ1v) is 9.25. The van der Waals surface area contributed by atoms with Gasteiger partial charge in [-0.1, -0.05) is 35.5 Å². The number of nitrogens with zero attached hydrogens (tertiary/aromatic N) is 2. The van der Waals surface area contributed by atoms with Crippen LogP contribution in [-0.4, -0.2) is 26.0 Å². The van der Waals surface area contributed by atoms with E-state index < -0.39 is 5.60 Å². The third-order valence-electron chi connectivity index (χ3n) is 3.62. The minimum Gasteiger partial charge on any atom is -0.390 e. The van der Waals surface area contributed by atoms with Crippen molar-refractivity contribution < 1.29 is 5.11 Å². The SMILES string of the molecule is Cc1cccc(-n2c(SCC(C)(C)O)nc3cc(Cl)ccc3c2=O)c1. The minimum absolute atomic E-state index is 0.148. The number of halogens is 1. The van der Waals surface area contributed by atoms with Crippen LogP contribution in [0, 0.1) is 6.92 Å². The van der Waals surface area contributed by atoms with Gasteiger partial charge >= 0.3 is 0 Å². The average molecular weight is 375 g/mol. The van der Waals surface area contributed by atoms with Gasteiger partial charge in [-0.25, -0.2) is 4.98 Å². The van der Waals surface area contributed by atoms with Gasteiger partial charge in [-0.3, -0.25) is 9.36 Å². The normalized spacial score (nSPS) is 11.9. The standard InChI is InChI=1S/C19H19ClN2O2S/c1-12-5-4-6-14(9-12)22-17(23)15-8-7-13(20)10-16(15)21-18(22)25-11-19(2,3)24/h4-10,24H,11H2,1-3H3. The van der Waals surface area contributed by atoms with Crippen molar-refractivity contribution in [3.05, 3.63) is 63.4 Å². The Balaban J connectivity index is 2.26. The Morgan fingerprint density at radius 2 is 2.00 bits per heavy atom. The second-order valence-corrected chi connectivity index (χ2v) is 8.02. The van der Waals surface area contributed by atoms with Gasteiger partial charge in [0.2, 0.25) is 0 Å². The quantitative estimate of drug-likeness (QED) is 0.549. The lowest BCUT2D eigenvalue weighted by atomic mass is 10.2. The highest BCUT2D eigenvalue weighted by atomic mass is 35.5. The highest BCUT2D eigenvalue weighted by Crippen LogP contribution is 2.25. The van der Waals surface area contributed by atoms with E-state index >= 15 is 0 Å². The molecule has 0 aliphatic heterocycles. The first-order chi connectivity index (χ1) is 11.7. The Bertz CT molecular complexity index is 993. The van der Waals surface area contributed by atoms with Crippen LogP contribution in [0.15, 0.2) is 52.4 Å². The summed E-state index contributed by atoms with van der Waals surface area (Å²) in [6, 6.07) is 12.8. The Labute approximate surface area is 155 Å². The number of thioether (sulfide) groups is 1. The highest BCUT2D eigenvalue weighted by Gasteiger charge is 2.18. The van der Waals surface area contributed by atoms with Gasteiger partial charge in [0.15, 0.2) is 5.16 Å². The second-order valence-electron chi connectivity index (χ2n) is 6.64. The summed E-state index contributed by atoms with van der Waals surface area (Å²) in [5, 5.41) is 11.6. The van der Waals surface area contributed by atoms with Crippen molar-refractivity contribution in [2.24, 2.45) is 0 Å². The van der Waals surface area contributed by atoms with E-state index in [1.807, 2.05) is 31.2 Å². The van der Waals surface area contributed by atoms with Gasteiger partial charge in [-0.15, -0.1) is 0 Å². The van der Waals surface area contributed by atoms with Crippen molar-refractivity contribution in [2.75, 3.05) is 5.75 Å². The lowest BCUT2D eigenvalue weighted by Crippen LogP contribution is -2.25. The summed E-state index contributed by atoms with van der Waals surface area (Å²) in [7, 11) is 0. The van der Waals surface area contributed by atoms with Gasteiger partial charge in [0.25, 0.3) is 5.56 Å². The summed E-state index contributed by atoms with van der Waals surface area (Å²) < 4.78 is 1.60. The Morgan fingerprint density at radius 1 is 1.24 bits per heavy atom. The van der Waals surface area contributed by atoms with Crippen LogP contribution in [0.2, 0.25) is 5.02 Å². The van der Waals surface area contributed by atoms with Crippen LogP contribution in [0.1, 0.15) is 19.4 Å². The number of rotatable bonds is 4. The zero-order valence-electron chi connectivity index (χ0n) is 14.3. The Kier molecular flexibility index (Phi) is 4.91. The van der Waals surface area contributed by atoms with Gasteiger partial charge in [-0.2, -0.15) is 0 Å². The van der Waals surface area contributed by atoms with Crippen LogP contribution >= 0.6 is 23.4 Å². The lowest BCUT2D eigenvalue weighted by Gasteiger charge is -2.18. The molecule has 3 aromatic rings. The van der Waals surface area contributed by atoms with E-state index in [0.29, 0.717) is 26.8 Å². The minimum atomic E-state index is -0.872. The van der Waals surface area contributed by atoms with Crippen molar-refractivity contribution in [1.82, 2.24) is 9.55 Å². The summed E-state index contributed by atoms with van der Waals surface area (Å²) in [6.45, 7) is 5.44. The molecule has 0 saturated heterocycles. The zero-order valence-corrected chi connectivity index (χ0v) is 15.9. The van der Waals surface area contributed by atoms with E-state index in [1.165, 1.54) is 11.8 Å². The van der Waals surface area contributed by atoms with E-state index in [-0.39, 0.29) is 5.56 Å². The molecule has 0 saturated carbocycles. The average Bonchev–Trinajstić information content (AvgIpc) is 2.52. The third-order valence-corrected chi connectivity index (χ3v) is 5.23. The molecule has 1 heterocycles. The molecule has 4 nitrogen and oxygen atoms in total. The molecule has 0 unspecified atom stereocenters. The highest BCUT2D eigenvalue weighted by molar-refractivity contribution is 7.99. The summed E-state index contributed by atoms with van der Waals surface area (Å²) in [6.07, 6.45) is 0. The maximum atomic E-state index is 13.1. The van der Waals surface area contributed by atoms with Crippen LogP contribution < -0.4 is 5.56 Å². The van der Waals surface area contributed by atoms with Crippen molar-refractivity contribution >= 4 is 34.3 Å². The van der Waals surface area contributed by atoms with E-state index in [4.69, 9.17) is 11.6 Å². The van der Waals surface area contributed by atoms with Gasteiger partial charge in [0, 0.05) is 10.8 Å². The van der Waals surface area contributed by atoms with Crippen LogP contribution in [0.25, 0.3) is 16.6 Å². The lowest BCUT2D eigenvalue weighted by molar-refractivity contribution is 0.107. The Morgan fingerprint density at radius 3 is 2.68 bits per heavy atom.